The van der Waals surface area contributed by atoms with Crippen molar-refractivity contribution in [3.63, 3.8) is 0 Å². The Morgan fingerprint density at radius 2 is 2.25 bits per heavy atom. The highest BCUT2D eigenvalue weighted by molar-refractivity contribution is 5.73. The van der Waals surface area contributed by atoms with Crippen LogP contribution in [0.2, 0.25) is 0 Å². The van der Waals surface area contributed by atoms with Gasteiger partial charge in [0.1, 0.15) is 6.26 Å². The first kappa shape index (κ1) is 15.3. The van der Waals surface area contributed by atoms with Crippen LogP contribution in [0.4, 0.5) is 0 Å². The Morgan fingerprint density at radius 1 is 1.38 bits per heavy atom. The SMILES string of the molecule is CC(=O)N(Cc1noc(C2CC2)n1)[C@H]1CCN(Cc2ccon2)C1. The Bertz CT molecular complexity index is 694. The number of aromatic nitrogens is 3. The van der Waals surface area contributed by atoms with E-state index in [2.05, 4.69) is 20.2 Å². The maximum Gasteiger partial charge on any atom is 0.229 e. The number of carbonyl (C=O) groups excluding carboxylic acids is 1. The van der Waals surface area contributed by atoms with Crippen LogP contribution in [0.1, 0.15) is 49.5 Å². The molecule has 1 saturated heterocycles. The molecule has 0 bridgehead atoms. The van der Waals surface area contributed by atoms with E-state index >= 15 is 0 Å². The second kappa shape index (κ2) is 6.35. The molecule has 8 heteroatoms. The van der Waals surface area contributed by atoms with Gasteiger partial charge in [-0.3, -0.25) is 9.69 Å². The lowest BCUT2D eigenvalue weighted by Gasteiger charge is -2.26. The maximum absolute atomic E-state index is 12.1. The van der Waals surface area contributed by atoms with Crippen LogP contribution < -0.4 is 0 Å². The highest BCUT2D eigenvalue weighted by Gasteiger charge is 2.32. The number of rotatable bonds is 6. The molecule has 0 radical (unpaired) electrons. The third kappa shape index (κ3) is 3.33. The Kier molecular flexibility index (Phi) is 4.05. The predicted molar refractivity (Wildman–Crippen MR) is 82.7 cm³/mol. The number of likely N-dealkylation sites (tertiary alicyclic amines) is 1. The van der Waals surface area contributed by atoms with Crippen LogP contribution in [0.25, 0.3) is 0 Å². The Balaban J connectivity index is 1.38. The average Bonchev–Trinajstić information content (AvgIpc) is 2.97. The molecule has 8 nitrogen and oxygen atoms in total. The van der Waals surface area contributed by atoms with E-state index in [0.29, 0.717) is 24.2 Å². The number of carbonyl (C=O) groups is 1. The second-order valence-corrected chi connectivity index (χ2v) is 6.64. The lowest BCUT2D eigenvalue weighted by Crippen LogP contribution is -2.40. The monoisotopic (exact) mass is 331 g/mol. The molecule has 0 unspecified atom stereocenters. The minimum absolute atomic E-state index is 0.0426. The van der Waals surface area contributed by atoms with Gasteiger partial charge in [0.05, 0.1) is 12.2 Å². The van der Waals surface area contributed by atoms with Crippen molar-refractivity contribution in [2.75, 3.05) is 13.1 Å². The molecule has 128 valence electrons. The smallest absolute Gasteiger partial charge is 0.229 e. The van der Waals surface area contributed by atoms with Crippen LogP contribution in [-0.2, 0) is 17.9 Å². The topological polar surface area (TPSA) is 88.5 Å². The quantitative estimate of drug-likeness (QED) is 0.793. The van der Waals surface area contributed by atoms with Crippen molar-refractivity contribution >= 4 is 5.91 Å². The summed E-state index contributed by atoms with van der Waals surface area (Å²) in [5, 5.41) is 7.98. The van der Waals surface area contributed by atoms with Gasteiger partial charge in [-0.1, -0.05) is 10.3 Å². The molecule has 1 amide bonds. The molecule has 2 aliphatic rings. The van der Waals surface area contributed by atoms with E-state index < -0.39 is 0 Å². The predicted octanol–water partition coefficient (Wildman–Crippen LogP) is 1.56. The van der Waals surface area contributed by atoms with Crippen molar-refractivity contribution in [1.82, 2.24) is 25.1 Å². The molecule has 1 saturated carbocycles. The molecule has 0 N–H and O–H groups in total. The summed E-state index contributed by atoms with van der Waals surface area (Å²) in [6.45, 7) is 4.50. The van der Waals surface area contributed by atoms with Gasteiger partial charge in [0.15, 0.2) is 5.82 Å². The zero-order chi connectivity index (χ0) is 16.5. The largest absolute Gasteiger partial charge is 0.364 e. The van der Waals surface area contributed by atoms with Crippen LogP contribution in [0.15, 0.2) is 21.4 Å². The van der Waals surface area contributed by atoms with Crippen molar-refractivity contribution in [2.45, 2.75) is 51.2 Å². The van der Waals surface area contributed by atoms with Gasteiger partial charge in [-0.2, -0.15) is 4.98 Å². The van der Waals surface area contributed by atoms with E-state index in [1.54, 1.807) is 13.2 Å². The molecule has 2 fully saturated rings. The molecule has 1 atom stereocenters. The van der Waals surface area contributed by atoms with Gasteiger partial charge in [0.2, 0.25) is 11.8 Å². The summed E-state index contributed by atoms with van der Waals surface area (Å²) in [7, 11) is 0. The molecule has 2 aromatic heterocycles. The third-order valence-corrected chi connectivity index (χ3v) is 4.69. The van der Waals surface area contributed by atoms with E-state index in [4.69, 9.17) is 9.05 Å². The number of amides is 1. The lowest BCUT2D eigenvalue weighted by atomic mass is 10.2. The Labute approximate surface area is 139 Å². The molecule has 0 spiro atoms. The van der Waals surface area contributed by atoms with Crippen LogP contribution in [0.5, 0.6) is 0 Å². The summed E-state index contributed by atoms with van der Waals surface area (Å²) in [6.07, 6.45) is 4.76. The number of hydrogen-bond acceptors (Lipinski definition) is 7. The van der Waals surface area contributed by atoms with Crippen molar-refractivity contribution in [3.8, 4) is 0 Å². The molecule has 24 heavy (non-hydrogen) atoms. The zero-order valence-corrected chi connectivity index (χ0v) is 13.7. The number of nitrogens with zero attached hydrogens (tertiary/aromatic N) is 5. The first-order valence-corrected chi connectivity index (χ1v) is 8.40. The molecular weight excluding hydrogens is 310 g/mol. The van der Waals surface area contributed by atoms with Crippen molar-refractivity contribution < 1.29 is 13.8 Å². The summed E-state index contributed by atoms with van der Waals surface area (Å²) in [4.78, 5) is 20.7. The maximum atomic E-state index is 12.1. The summed E-state index contributed by atoms with van der Waals surface area (Å²) in [5.41, 5.74) is 0.914. The summed E-state index contributed by atoms with van der Waals surface area (Å²) in [5.74, 6) is 1.79. The second-order valence-electron chi connectivity index (χ2n) is 6.64. The van der Waals surface area contributed by atoms with Crippen LogP contribution in [0, 0.1) is 0 Å². The van der Waals surface area contributed by atoms with Crippen LogP contribution >= 0.6 is 0 Å². The number of hydrogen-bond donors (Lipinski definition) is 0. The molecular formula is C16H21N5O3. The summed E-state index contributed by atoms with van der Waals surface area (Å²) in [6, 6.07) is 2.03. The van der Waals surface area contributed by atoms with Gasteiger partial charge in [-0.05, 0) is 19.3 Å². The van der Waals surface area contributed by atoms with E-state index in [1.807, 2.05) is 11.0 Å². The fourth-order valence-electron chi connectivity index (χ4n) is 3.24. The van der Waals surface area contributed by atoms with Crippen molar-refractivity contribution in [1.29, 1.82) is 0 Å². The van der Waals surface area contributed by atoms with Gasteiger partial charge in [0, 0.05) is 44.6 Å². The molecule has 1 aliphatic carbocycles. The first-order valence-electron chi connectivity index (χ1n) is 8.40. The molecule has 1 aliphatic heterocycles. The molecule has 0 aromatic carbocycles. The van der Waals surface area contributed by atoms with Gasteiger partial charge < -0.3 is 13.9 Å². The standard InChI is InChI=1S/C16H21N5O3/c1-11(22)21(10-15-17-16(24-19-15)12-2-3-12)14-4-6-20(9-14)8-13-5-7-23-18-13/h5,7,12,14H,2-4,6,8-10H2,1H3/t14-/m0/s1. The van der Waals surface area contributed by atoms with Crippen molar-refractivity contribution in [3.05, 3.63) is 29.7 Å². The van der Waals surface area contributed by atoms with E-state index in [9.17, 15) is 4.79 Å². The van der Waals surface area contributed by atoms with Gasteiger partial charge >= 0.3 is 0 Å². The minimum atomic E-state index is 0.0426. The zero-order valence-electron chi connectivity index (χ0n) is 13.7. The minimum Gasteiger partial charge on any atom is -0.364 e. The fourth-order valence-corrected chi connectivity index (χ4v) is 3.24. The molecule has 2 aromatic rings. The van der Waals surface area contributed by atoms with Crippen LogP contribution in [-0.4, -0.2) is 50.1 Å². The molecule has 3 heterocycles. The fraction of sp³-hybridized carbons (Fsp3) is 0.625. The van der Waals surface area contributed by atoms with E-state index in [1.165, 1.54) is 0 Å². The highest BCUT2D eigenvalue weighted by atomic mass is 16.5. The Morgan fingerprint density at radius 3 is 2.96 bits per heavy atom. The Hall–Kier alpha value is -2.22. The highest BCUT2D eigenvalue weighted by Crippen LogP contribution is 2.38. The summed E-state index contributed by atoms with van der Waals surface area (Å²) < 4.78 is 10.2. The van der Waals surface area contributed by atoms with E-state index in [-0.39, 0.29) is 11.9 Å². The summed E-state index contributed by atoms with van der Waals surface area (Å²) >= 11 is 0. The normalized spacial score (nSPS) is 21.3. The van der Waals surface area contributed by atoms with Gasteiger partial charge in [0.25, 0.3) is 0 Å². The van der Waals surface area contributed by atoms with Gasteiger partial charge in [-0.25, -0.2) is 0 Å². The lowest BCUT2D eigenvalue weighted by molar-refractivity contribution is -0.131. The van der Waals surface area contributed by atoms with Gasteiger partial charge in [-0.15, -0.1) is 0 Å². The average molecular weight is 331 g/mol. The van der Waals surface area contributed by atoms with Crippen molar-refractivity contribution in [2.24, 2.45) is 0 Å². The van der Waals surface area contributed by atoms with E-state index in [0.717, 1.165) is 44.6 Å². The van der Waals surface area contributed by atoms with Crippen LogP contribution in [0.3, 0.4) is 0 Å². The first-order chi connectivity index (χ1) is 11.7. The molecule has 4 rings (SSSR count). The third-order valence-electron chi connectivity index (χ3n) is 4.69.